The number of aryl methyl sites for hydroxylation is 1. The first-order chi connectivity index (χ1) is 15.8. The van der Waals surface area contributed by atoms with Crippen molar-refractivity contribution in [2.24, 2.45) is 0 Å². The molecule has 0 aliphatic heterocycles. The summed E-state index contributed by atoms with van der Waals surface area (Å²) in [6.07, 6.45) is 3.58. The number of aliphatic hydroxyl groups excluding tert-OH is 1. The Hall–Kier alpha value is -3.91. The van der Waals surface area contributed by atoms with Crippen LogP contribution in [-0.2, 0) is 19.6 Å². The predicted molar refractivity (Wildman–Crippen MR) is 122 cm³/mol. The van der Waals surface area contributed by atoms with Crippen LogP contribution in [0.15, 0.2) is 60.8 Å². The molecule has 0 amide bonds. The van der Waals surface area contributed by atoms with E-state index >= 15 is 0 Å². The zero-order valence-electron chi connectivity index (χ0n) is 17.7. The number of pyridine rings is 1. The molecule has 5 rings (SSSR count). The Morgan fingerprint density at radius 1 is 1.00 bits per heavy atom. The maximum absolute atomic E-state index is 9.69. The fourth-order valence-corrected chi connectivity index (χ4v) is 4.00. The normalized spacial score (nSPS) is 11.3. The summed E-state index contributed by atoms with van der Waals surface area (Å²) in [7, 11) is 0. The van der Waals surface area contributed by atoms with E-state index in [0.717, 1.165) is 57.6 Å². The molecule has 0 spiro atoms. The molecule has 32 heavy (non-hydrogen) atoms. The highest BCUT2D eigenvalue weighted by Gasteiger charge is 2.15. The van der Waals surface area contributed by atoms with Crippen LogP contribution in [0.4, 0.5) is 0 Å². The Morgan fingerprint density at radius 2 is 1.81 bits per heavy atom. The summed E-state index contributed by atoms with van der Waals surface area (Å²) in [5, 5.41) is 24.2. The molecular formula is C24H23N7O. The third kappa shape index (κ3) is 3.65. The third-order valence-electron chi connectivity index (χ3n) is 5.56. The molecule has 0 aliphatic rings. The number of nitrogens with one attached hydrogen (secondary N) is 1. The van der Waals surface area contributed by atoms with Crippen LogP contribution in [0.25, 0.3) is 33.7 Å². The van der Waals surface area contributed by atoms with E-state index in [1.807, 2.05) is 24.3 Å². The molecule has 2 N–H and O–H groups in total. The van der Waals surface area contributed by atoms with Crippen molar-refractivity contribution in [1.29, 1.82) is 0 Å². The van der Waals surface area contributed by atoms with Crippen LogP contribution in [0, 0.1) is 0 Å². The quantitative estimate of drug-likeness (QED) is 0.411. The number of benzene rings is 2. The number of hydrogen-bond acceptors (Lipinski definition) is 6. The lowest BCUT2D eigenvalue weighted by Crippen LogP contribution is -2.06. The van der Waals surface area contributed by atoms with Gasteiger partial charge in [-0.15, -0.1) is 10.2 Å². The van der Waals surface area contributed by atoms with Crippen molar-refractivity contribution >= 4 is 11.2 Å². The fraction of sp³-hybridized carbons (Fsp3) is 0.208. The van der Waals surface area contributed by atoms with Gasteiger partial charge in [0.1, 0.15) is 11.3 Å². The van der Waals surface area contributed by atoms with Crippen LogP contribution in [-0.4, -0.2) is 40.3 Å². The summed E-state index contributed by atoms with van der Waals surface area (Å²) in [4.78, 5) is 9.35. The second-order valence-corrected chi connectivity index (χ2v) is 7.64. The second kappa shape index (κ2) is 8.68. The summed E-state index contributed by atoms with van der Waals surface area (Å²) in [5.41, 5.74) is 6.61. The number of H-pyrrole nitrogens is 1. The first-order valence-corrected chi connectivity index (χ1v) is 10.6. The van der Waals surface area contributed by atoms with Crippen LogP contribution >= 0.6 is 0 Å². The molecule has 0 fully saturated rings. The maximum Gasteiger partial charge on any atom is 0.205 e. The first kappa shape index (κ1) is 20.0. The van der Waals surface area contributed by atoms with Gasteiger partial charge in [-0.3, -0.25) is 0 Å². The van der Waals surface area contributed by atoms with Crippen molar-refractivity contribution in [3.8, 4) is 22.5 Å². The molecule has 0 saturated carbocycles. The van der Waals surface area contributed by atoms with E-state index in [4.69, 9.17) is 4.98 Å². The number of nitrogens with zero attached hydrogens (tertiary/aromatic N) is 6. The number of aromatic amines is 1. The van der Waals surface area contributed by atoms with Crippen molar-refractivity contribution in [1.82, 2.24) is 35.2 Å². The molecule has 0 bridgehead atoms. The molecule has 0 saturated heterocycles. The second-order valence-electron chi connectivity index (χ2n) is 7.64. The van der Waals surface area contributed by atoms with Gasteiger partial charge in [-0.1, -0.05) is 55.5 Å². The lowest BCUT2D eigenvalue weighted by Gasteiger charge is -2.11. The van der Waals surface area contributed by atoms with Gasteiger partial charge < -0.3 is 9.67 Å². The summed E-state index contributed by atoms with van der Waals surface area (Å²) in [6.45, 7) is 2.76. The van der Waals surface area contributed by atoms with Gasteiger partial charge in [-0.2, -0.15) is 5.21 Å². The number of aliphatic hydroxyl groups is 1. The smallest absolute Gasteiger partial charge is 0.205 e. The van der Waals surface area contributed by atoms with Gasteiger partial charge in [0.2, 0.25) is 5.82 Å². The Kier molecular flexibility index (Phi) is 5.43. The molecule has 0 atom stereocenters. The monoisotopic (exact) mass is 425 g/mol. The molecule has 3 aromatic heterocycles. The Morgan fingerprint density at radius 3 is 2.53 bits per heavy atom. The van der Waals surface area contributed by atoms with Gasteiger partial charge in [0.05, 0.1) is 13.2 Å². The zero-order valence-corrected chi connectivity index (χ0v) is 17.7. The number of aromatic nitrogens is 7. The summed E-state index contributed by atoms with van der Waals surface area (Å²) >= 11 is 0. The minimum absolute atomic E-state index is 0.0456. The molecular weight excluding hydrogens is 402 g/mol. The van der Waals surface area contributed by atoms with Crippen molar-refractivity contribution in [2.45, 2.75) is 32.9 Å². The molecule has 8 heteroatoms. The highest BCUT2D eigenvalue weighted by Crippen LogP contribution is 2.30. The highest BCUT2D eigenvalue weighted by atomic mass is 16.3. The summed E-state index contributed by atoms with van der Waals surface area (Å²) in [6, 6.07) is 18.3. The van der Waals surface area contributed by atoms with Crippen LogP contribution < -0.4 is 0 Å². The molecule has 160 valence electrons. The van der Waals surface area contributed by atoms with Crippen LogP contribution in [0.5, 0.6) is 0 Å². The van der Waals surface area contributed by atoms with Gasteiger partial charge in [0, 0.05) is 23.7 Å². The number of rotatable bonds is 7. The first-order valence-electron chi connectivity index (χ1n) is 10.6. The van der Waals surface area contributed by atoms with E-state index in [-0.39, 0.29) is 6.61 Å². The van der Waals surface area contributed by atoms with E-state index in [2.05, 4.69) is 67.4 Å². The predicted octanol–water partition coefficient (Wildman–Crippen LogP) is 3.77. The van der Waals surface area contributed by atoms with Gasteiger partial charge in [0.15, 0.2) is 5.65 Å². The standard InChI is InChI=1S/C24H23N7O/c1-2-5-21-26-22-18(15-32)12-13-25-24(22)31(21)14-16-8-10-17(11-9-16)19-6-3-4-7-20(19)23-27-29-30-28-23/h3-4,6-13,32H,2,5,14-15H2,1H3,(H,27,28,29,30). The molecule has 5 aromatic rings. The molecule has 0 unspecified atom stereocenters. The molecule has 0 radical (unpaired) electrons. The number of fused-ring (bicyclic) bond motifs is 1. The Balaban J connectivity index is 1.49. The van der Waals surface area contributed by atoms with Crippen LogP contribution in [0.3, 0.4) is 0 Å². The minimum Gasteiger partial charge on any atom is -0.392 e. The molecule has 2 aromatic carbocycles. The Labute approximate surface area is 185 Å². The van der Waals surface area contributed by atoms with E-state index in [9.17, 15) is 5.11 Å². The third-order valence-corrected chi connectivity index (χ3v) is 5.56. The SMILES string of the molecule is CCCc1nc2c(CO)ccnc2n1Cc1ccc(-c2ccccc2-c2nn[nH]n2)cc1. The van der Waals surface area contributed by atoms with E-state index < -0.39 is 0 Å². The van der Waals surface area contributed by atoms with Gasteiger partial charge in [-0.05, 0) is 34.4 Å². The zero-order chi connectivity index (χ0) is 21.9. The van der Waals surface area contributed by atoms with Gasteiger partial charge in [-0.25, -0.2) is 9.97 Å². The lowest BCUT2D eigenvalue weighted by atomic mass is 9.98. The van der Waals surface area contributed by atoms with Gasteiger partial charge >= 0.3 is 0 Å². The van der Waals surface area contributed by atoms with Crippen LogP contribution in [0.2, 0.25) is 0 Å². The number of imidazole rings is 1. The largest absolute Gasteiger partial charge is 0.392 e. The fourth-order valence-electron chi connectivity index (χ4n) is 4.00. The van der Waals surface area contributed by atoms with E-state index in [0.29, 0.717) is 12.4 Å². The Bertz CT molecular complexity index is 1340. The maximum atomic E-state index is 9.69. The average molecular weight is 425 g/mol. The molecule has 0 aliphatic carbocycles. The number of tetrazole rings is 1. The number of hydrogen-bond donors (Lipinski definition) is 2. The minimum atomic E-state index is -0.0456. The van der Waals surface area contributed by atoms with Crippen molar-refractivity contribution < 1.29 is 5.11 Å². The highest BCUT2D eigenvalue weighted by molar-refractivity contribution is 5.80. The molecule has 3 heterocycles. The van der Waals surface area contributed by atoms with Crippen molar-refractivity contribution in [2.75, 3.05) is 0 Å². The topological polar surface area (TPSA) is 105 Å². The van der Waals surface area contributed by atoms with Crippen molar-refractivity contribution in [3.63, 3.8) is 0 Å². The van der Waals surface area contributed by atoms with Crippen molar-refractivity contribution in [3.05, 3.63) is 77.7 Å². The van der Waals surface area contributed by atoms with Crippen LogP contribution in [0.1, 0.15) is 30.3 Å². The molecule has 8 nitrogen and oxygen atoms in total. The average Bonchev–Trinajstić information content (AvgIpc) is 3.49. The lowest BCUT2D eigenvalue weighted by molar-refractivity contribution is 0.283. The van der Waals surface area contributed by atoms with Gasteiger partial charge in [0.25, 0.3) is 0 Å². The van der Waals surface area contributed by atoms with E-state index in [1.165, 1.54) is 0 Å². The summed E-state index contributed by atoms with van der Waals surface area (Å²) in [5.74, 6) is 1.56. The van der Waals surface area contributed by atoms with E-state index in [1.54, 1.807) is 6.20 Å². The summed E-state index contributed by atoms with van der Waals surface area (Å²) < 4.78 is 2.15.